The number of dihydropyridines is 1. The largest absolute Gasteiger partial charge is 0.466 e. The van der Waals surface area contributed by atoms with Crippen LogP contribution >= 0.6 is 0 Å². The first kappa shape index (κ1) is 20.1. The Morgan fingerprint density at radius 2 is 2.00 bits per heavy atom. The molecule has 0 saturated carbocycles. The highest BCUT2D eigenvalue weighted by molar-refractivity contribution is 6.00. The van der Waals surface area contributed by atoms with E-state index in [-0.39, 0.29) is 34.7 Å². The molecule has 1 unspecified atom stereocenters. The van der Waals surface area contributed by atoms with E-state index in [1.807, 2.05) is 0 Å². The van der Waals surface area contributed by atoms with E-state index < -0.39 is 29.5 Å². The van der Waals surface area contributed by atoms with Gasteiger partial charge in [0.25, 0.3) is 5.69 Å². The Morgan fingerprint density at radius 1 is 1.30 bits per heavy atom. The van der Waals surface area contributed by atoms with Crippen LogP contribution in [0.1, 0.15) is 25.3 Å². The molecule has 8 nitrogen and oxygen atoms in total. The van der Waals surface area contributed by atoms with Crippen LogP contribution < -0.4 is 5.32 Å². The van der Waals surface area contributed by atoms with Crippen LogP contribution in [0.3, 0.4) is 0 Å². The Kier molecular flexibility index (Phi) is 6.27. The molecule has 0 aromatic heterocycles. The van der Waals surface area contributed by atoms with Crippen molar-refractivity contribution < 1.29 is 28.4 Å². The minimum absolute atomic E-state index is 0.0415. The molecule has 2 rings (SSSR count). The summed E-state index contributed by atoms with van der Waals surface area (Å²) in [4.78, 5) is 35.5. The number of carbonyl (C=O) groups is 2. The number of nitro groups is 1. The first-order valence-electron chi connectivity index (χ1n) is 8.12. The maximum absolute atomic E-state index is 13.6. The van der Waals surface area contributed by atoms with Gasteiger partial charge >= 0.3 is 11.9 Å². The Balaban J connectivity index is 2.74. The second-order valence-electron chi connectivity index (χ2n) is 5.69. The second-order valence-corrected chi connectivity index (χ2v) is 5.69. The first-order valence-corrected chi connectivity index (χ1v) is 8.12. The van der Waals surface area contributed by atoms with Crippen LogP contribution in [0.5, 0.6) is 0 Å². The summed E-state index contributed by atoms with van der Waals surface area (Å²) in [6, 6.07) is 5.47. The Bertz CT molecular complexity index is 846. The second kappa shape index (κ2) is 8.43. The molecule has 144 valence electrons. The quantitative estimate of drug-likeness (QED) is 0.460. The average Bonchev–Trinajstić information content (AvgIpc) is 2.66. The number of benzene rings is 1. The van der Waals surface area contributed by atoms with Gasteiger partial charge < -0.3 is 14.8 Å². The van der Waals surface area contributed by atoms with Crippen molar-refractivity contribution in [2.75, 3.05) is 20.4 Å². The molecule has 0 fully saturated rings. The van der Waals surface area contributed by atoms with Crippen LogP contribution in [-0.2, 0) is 19.1 Å². The van der Waals surface area contributed by atoms with Crippen LogP contribution in [0.4, 0.5) is 10.1 Å². The number of esters is 2. The van der Waals surface area contributed by atoms with Crippen LogP contribution in [0.15, 0.2) is 46.8 Å². The van der Waals surface area contributed by atoms with Gasteiger partial charge in [0, 0.05) is 17.8 Å². The number of ether oxygens (including phenoxy) is 2. The summed E-state index contributed by atoms with van der Waals surface area (Å²) in [6.45, 7) is 2.16. The highest BCUT2D eigenvalue weighted by atomic mass is 19.1. The molecule has 0 aliphatic carbocycles. The Morgan fingerprint density at radius 3 is 2.56 bits per heavy atom. The molecule has 0 saturated heterocycles. The number of non-ortho nitro benzene ring substituents is 1. The summed E-state index contributed by atoms with van der Waals surface area (Å²) < 4.78 is 23.5. The number of hydrogen-bond donors (Lipinski definition) is 1. The predicted molar refractivity (Wildman–Crippen MR) is 93.3 cm³/mol. The molecule has 9 heteroatoms. The van der Waals surface area contributed by atoms with Gasteiger partial charge in [-0.1, -0.05) is 12.1 Å². The molecule has 1 aromatic rings. The van der Waals surface area contributed by atoms with Crippen molar-refractivity contribution in [2.24, 2.45) is 0 Å². The fourth-order valence-corrected chi connectivity index (χ4v) is 2.98. The summed E-state index contributed by atoms with van der Waals surface area (Å²) in [5.74, 6) is -2.62. The SMILES string of the molecule is CCOC(=O)C1=C(CF)NC(C)=C(C(=O)OC)C1c1cccc([N+](=O)[O-])c1. The number of methoxy groups -OCH3 is 1. The molecule has 1 aromatic carbocycles. The van der Waals surface area contributed by atoms with E-state index in [0.29, 0.717) is 5.70 Å². The molecular formula is C18H19FN2O6. The summed E-state index contributed by atoms with van der Waals surface area (Å²) in [5, 5.41) is 13.8. The number of nitrogens with one attached hydrogen (secondary N) is 1. The van der Waals surface area contributed by atoms with E-state index >= 15 is 0 Å². The van der Waals surface area contributed by atoms with Gasteiger partial charge in [-0.25, -0.2) is 14.0 Å². The number of allylic oxidation sites excluding steroid dienone is 2. The van der Waals surface area contributed by atoms with Crippen LogP contribution in [-0.4, -0.2) is 37.3 Å². The fourth-order valence-electron chi connectivity index (χ4n) is 2.98. The summed E-state index contributed by atoms with van der Waals surface area (Å²) in [5.41, 5.74) is 0.218. The Labute approximate surface area is 154 Å². The number of carbonyl (C=O) groups excluding carboxylic acids is 2. The molecule has 1 aliphatic heterocycles. The zero-order chi connectivity index (χ0) is 20.1. The third-order valence-electron chi connectivity index (χ3n) is 4.09. The van der Waals surface area contributed by atoms with Gasteiger partial charge in [0.15, 0.2) is 0 Å². The smallest absolute Gasteiger partial charge is 0.336 e. The zero-order valence-corrected chi connectivity index (χ0v) is 15.1. The normalized spacial score (nSPS) is 16.7. The highest BCUT2D eigenvalue weighted by Crippen LogP contribution is 2.40. The maximum Gasteiger partial charge on any atom is 0.336 e. The van der Waals surface area contributed by atoms with Gasteiger partial charge in [0.1, 0.15) is 6.67 Å². The van der Waals surface area contributed by atoms with Gasteiger partial charge in [0.2, 0.25) is 0 Å². The number of nitrogens with zero attached hydrogens (tertiary/aromatic N) is 1. The molecule has 0 spiro atoms. The van der Waals surface area contributed by atoms with E-state index in [4.69, 9.17) is 9.47 Å². The number of rotatable bonds is 6. The monoisotopic (exact) mass is 378 g/mol. The van der Waals surface area contributed by atoms with Gasteiger partial charge in [0.05, 0.1) is 41.4 Å². The lowest BCUT2D eigenvalue weighted by Crippen LogP contribution is -2.33. The van der Waals surface area contributed by atoms with E-state index in [1.54, 1.807) is 6.92 Å². The minimum Gasteiger partial charge on any atom is -0.466 e. The van der Waals surface area contributed by atoms with Crippen LogP contribution in [0, 0.1) is 10.1 Å². The van der Waals surface area contributed by atoms with Crippen LogP contribution in [0.25, 0.3) is 0 Å². The van der Waals surface area contributed by atoms with Gasteiger partial charge in [-0.2, -0.15) is 0 Å². The topological polar surface area (TPSA) is 108 Å². The first-order chi connectivity index (χ1) is 12.8. The van der Waals surface area contributed by atoms with Crippen molar-refractivity contribution in [2.45, 2.75) is 19.8 Å². The zero-order valence-electron chi connectivity index (χ0n) is 15.1. The van der Waals surface area contributed by atoms with Gasteiger partial charge in [-0.15, -0.1) is 0 Å². The predicted octanol–water partition coefficient (Wildman–Crippen LogP) is 2.52. The molecule has 1 N–H and O–H groups in total. The van der Waals surface area contributed by atoms with Crippen molar-refractivity contribution in [3.63, 3.8) is 0 Å². The summed E-state index contributed by atoms with van der Waals surface area (Å²) >= 11 is 0. The van der Waals surface area contributed by atoms with E-state index in [2.05, 4.69) is 5.32 Å². The molecule has 0 amide bonds. The molecular weight excluding hydrogens is 359 g/mol. The molecule has 27 heavy (non-hydrogen) atoms. The number of halogens is 1. The average molecular weight is 378 g/mol. The Hall–Kier alpha value is -3.23. The van der Waals surface area contributed by atoms with Crippen molar-refractivity contribution in [1.29, 1.82) is 0 Å². The standard InChI is InChI=1S/C18H19FN2O6/c1-4-27-18(23)16-13(9-19)20-10(2)14(17(22)26-3)15(16)11-6-5-7-12(8-11)21(24)25/h5-8,15,20H,4,9H2,1-3H3. The number of nitro benzene ring substituents is 1. The molecule has 0 radical (unpaired) electrons. The summed E-state index contributed by atoms with van der Waals surface area (Å²) in [7, 11) is 1.17. The van der Waals surface area contributed by atoms with Crippen molar-refractivity contribution in [1.82, 2.24) is 5.32 Å². The third kappa shape index (κ3) is 3.97. The molecule has 0 bridgehead atoms. The number of hydrogen-bond acceptors (Lipinski definition) is 7. The maximum atomic E-state index is 13.6. The highest BCUT2D eigenvalue weighted by Gasteiger charge is 2.39. The van der Waals surface area contributed by atoms with Crippen molar-refractivity contribution >= 4 is 17.6 Å². The molecule has 1 heterocycles. The fraction of sp³-hybridized carbons (Fsp3) is 0.333. The number of alkyl halides is 1. The minimum atomic E-state index is -1.07. The third-order valence-corrected chi connectivity index (χ3v) is 4.09. The lowest BCUT2D eigenvalue weighted by Gasteiger charge is -2.30. The van der Waals surface area contributed by atoms with Crippen molar-refractivity contribution in [3.8, 4) is 0 Å². The van der Waals surface area contributed by atoms with Crippen LogP contribution in [0.2, 0.25) is 0 Å². The lowest BCUT2D eigenvalue weighted by atomic mass is 9.80. The molecule has 1 atom stereocenters. The lowest BCUT2D eigenvalue weighted by molar-refractivity contribution is -0.384. The summed E-state index contributed by atoms with van der Waals surface area (Å²) in [6.07, 6.45) is 0. The van der Waals surface area contributed by atoms with E-state index in [9.17, 15) is 24.1 Å². The molecule has 1 aliphatic rings. The van der Waals surface area contributed by atoms with Crippen molar-refractivity contribution in [3.05, 3.63) is 62.5 Å². The van der Waals surface area contributed by atoms with Gasteiger partial charge in [-0.3, -0.25) is 10.1 Å². The van der Waals surface area contributed by atoms with E-state index in [1.165, 1.54) is 38.3 Å². The van der Waals surface area contributed by atoms with Gasteiger partial charge in [-0.05, 0) is 19.4 Å². The van der Waals surface area contributed by atoms with E-state index in [0.717, 1.165) is 0 Å².